The first-order chi connectivity index (χ1) is 13.1. The number of nitrogens with zero attached hydrogens (tertiary/aromatic N) is 1. The van der Waals surface area contributed by atoms with Crippen molar-refractivity contribution in [2.24, 2.45) is 17.8 Å². The molecule has 1 saturated carbocycles. The van der Waals surface area contributed by atoms with E-state index >= 15 is 0 Å². The fraction of sp³-hybridized carbons (Fsp3) is 0.550. The van der Waals surface area contributed by atoms with Crippen LogP contribution < -0.4 is 5.32 Å². The smallest absolute Gasteiger partial charge is 0.307 e. The van der Waals surface area contributed by atoms with Gasteiger partial charge in [0.1, 0.15) is 5.78 Å². The highest BCUT2D eigenvalue weighted by Crippen LogP contribution is 2.36. The molecule has 0 unspecified atom stereocenters. The number of esters is 1. The molecule has 1 aliphatic rings. The molecular weight excluding hydrogens is 364 g/mol. The van der Waals surface area contributed by atoms with Crippen LogP contribution in [0.3, 0.4) is 0 Å². The lowest BCUT2D eigenvalue weighted by atomic mass is 9.88. The maximum Gasteiger partial charge on any atom is 0.307 e. The Morgan fingerprint density at radius 2 is 2.04 bits per heavy atom. The molecule has 1 aromatic carbocycles. The van der Waals surface area contributed by atoms with Crippen LogP contribution in [0.1, 0.15) is 37.8 Å². The predicted molar refractivity (Wildman–Crippen MR) is 102 cm³/mol. The predicted octanol–water partition coefficient (Wildman–Crippen LogP) is 2.68. The molecule has 2 rings (SSSR count). The van der Waals surface area contributed by atoms with E-state index in [0.717, 1.165) is 11.1 Å². The van der Waals surface area contributed by atoms with Crippen LogP contribution in [0.4, 0.5) is 5.69 Å². The van der Waals surface area contributed by atoms with Crippen LogP contribution in [0.25, 0.3) is 0 Å². The van der Waals surface area contributed by atoms with Gasteiger partial charge in [-0.3, -0.25) is 24.5 Å². The normalized spacial score (nSPS) is 22.6. The van der Waals surface area contributed by atoms with Gasteiger partial charge in [0.15, 0.2) is 6.10 Å². The van der Waals surface area contributed by atoms with Crippen molar-refractivity contribution in [3.05, 3.63) is 39.4 Å². The van der Waals surface area contributed by atoms with Gasteiger partial charge in [-0.05, 0) is 38.3 Å². The molecule has 8 heteroatoms. The van der Waals surface area contributed by atoms with Crippen molar-refractivity contribution in [3.8, 4) is 0 Å². The van der Waals surface area contributed by atoms with Gasteiger partial charge in [-0.15, -0.1) is 0 Å². The monoisotopic (exact) mass is 390 g/mol. The minimum atomic E-state index is -1.05. The van der Waals surface area contributed by atoms with Crippen molar-refractivity contribution in [1.29, 1.82) is 0 Å². The summed E-state index contributed by atoms with van der Waals surface area (Å²) in [7, 11) is 0. The molecule has 0 spiro atoms. The first-order valence-electron chi connectivity index (χ1n) is 9.30. The molecule has 152 valence electrons. The minimum Gasteiger partial charge on any atom is -0.453 e. The summed E-state index contributed by atoms with van der Waals surface area (Å²) in [5.41, 5.74) is 2.58. The van der Waals surface area contributed by atoms with Crippen LogP contribution in [0.15, 0.2) is 18.2 Å². The molecule has 0 radical (unpaired) electrons. The zero-order valence-corrected chi connectivity index (χ0v) is 16.6. The summed E-state index contributed by atoms with van der Waals surface area (Å²) in [5, 5.41) is 13.6. The Balaban J connectivity index is 1.94. The number of nitrogens with one attached hydrogen (secondary N) is 1. The molecule has 8 nitrogen and oxygen atoms in total. The minimum absolute atomic E-state index is 0.152. The number of Topliss-reactive ketones (excluding diaryl/α,β-unsaturated/α-hetero) is 1. The average molecular weight is 390 g/mol. The molecule has 1 N–H and O–H groups in total. The number of aryl methyl sites for hydroxylation is 2. The number of hydrogen-bond donors (Lipinski definition) is 1. The zero-order valence-electron chi connectivity index (χ0n) is 16.6. The van der Waals surface area contributed by atoms with E-state index in [1.54, 1.807) is 13.0 Å². The summed E-state index contributed by atoms with van der Waals surface area (Å²) in [4.78, 5) is 47.1. The highest BCUT2D eigenvalue weighted by Gasteiger charge is 2.44. The second-order valence-corrected chi connectivity index (χ2v) is 7.58. The van der Waals surface area contributed by atoms with Crippen molar-refractivity contribution >= 4 is 23.3 Å². The van der Waals surface area contributed by atoms with Gasteiger partial charge in [-0.25, -0.2) is 0 Å². The maximum absolute atomic E-state index is 12.3. The summed E-state index contributed by atoms with van der Waals surface area (Å²) < 4.78 is 5.17. The molecule has 1 aromatic rings. The highest BCUT2D eigenvalue weighted by atomic mass is 16.6. The summed E-state index contributed by atoms with van der Waals surface area (Å²) in [6.45, 7) is 6.68. The van der Waals surface area contributed by atoms with Gasteiger partial charge in [-0.2, -0.15) is 0 Å². The van der Waals surface area contributed by atoms with Gasteiger partial charge >= 0.3 is 5.97 Å². The third-order valence-corrected chi connectivity index (χ3v) is 5.25. The number of hydrogen-bond acceptors (Lipinski definition) is 6. The van der Waals surface area contributed by atoms with Crippen LogP contribution in [0.5, 0.6) is 0 Å². The number of carbonyl (C=O) groups is 3. The Morgan fingerprint density at radius 3 is 2.64 bits per heavy atom. The Kier molecular flexibility index (Phi) is 6.88. The van der Waals surface area contributed by atoms with Crippen LogP contribution in [0.2, 0.25) is 0 Å². The Morgan fingerprint density at radius 1 is 1.36 bits per heavy atom. The number of ketones is 1. The number of carbonyl (C=O) groups excluding carboxylic acids is 3. The molecule has 0 bridgehead atoms. The van der Waals surface area contributed by atoms with Gasteiger partial charge < -0.3 is 10.1 Å². The topological polar surface area (TPSA) is 116 Å². The number of ether oxygens (including phenoxy) is 1. The highest BCUT2D eigenvalue weighted by molar-refractivity contribution is 5.96. The summed E-state index contributed by atoms with van der Waals surface area (Å²) >= 11 is 0. The fourth-order valence-corrected chi connectivity index (χ4v) is 3.67. The van der Waals surface area contributed by atoms with Crippen molar-refractivity contribution in [3.63, 3.8) is 0 Å². The standard InChI is InChI=1S/C20H26N2O6/c1-11-5-6-17(13(3)7-11)21-20(25)14(4)28-19(24)9-15-16(10-22(26)27)12(2)8-18(15)23/h5-7,12,14-16H,8-10H2,1-4H3,(H,21,25)/t12-,14-,15+,16-/m1/s1. The summed E-state index contributed by atoms with van der Waals surface area (Å²) in [6.07, 6.45) is -1.07. The quantitative estimate of drug-likeness (QED) is 0.435. The Bertz CT molecular complexity index is 791. The van der Waals surface area contributed by atoms with Crippen molar-refractivity contribution in [2.75, 3.05) is 11.9 Å². The maximum atomic E-state index is 12.3. The van der Waals surface area contributed by atoms with Crippen LogP contribution in [-0.2, 0) is 19.1 Å². The van der Waals surface area contributed by atoms with E-state index in [1.165, 1.54) is 6.92 Å². The van der Waals surface area contributed by atoms with E-state index in [2.05, 4.69) is 5.32 Å². The zero-order chi connectivity index (χ0) is 21.0. The Hall–Kier alpha value is -2.77. The molecular formula is C20H26N2O6. The third-order valence-electron chi connectivity index (χ3n) is 5.25. The Labute approximate surface area is 163 Å². The molecule has 4 atom stereocenters. The van der Waals surface area contributed by atoms with E-state index in [9.17, 15) is 24.5 Å². The van der Waals surface area contributed by atoms with Crippen LogP contribution in [-0.4, -0.2) is 35.2 Å². The van der Waals surface area contributed by atoms with E-state index in [4.69, 9.17) is 4.74 Å². The van der Waals surface area contributed by atoms with Gasteiger partial charge in [0.25, 0.3) is 5.91 Å². The van der Waals surface area contributed by atoms with Gasteiger partial charge in [0, 0.05) is 28.9 Å². The van der Waals surface area contributed by atoms with E-state index < -0.39 is 34.7 Å². The summed E-state index contributed by atoms with van der Waals surface area (Å²) in [5.74, 6) is -2.72. The second-order valence-electron chi connectivity index (χ2n) is 7.58. The lowest BCUT2D eigenvalue weighted by Gasteiger charge is -2.19. The van der Waals surface area contributed by atoms with Crippen molar-refractivity contribution < 1.29 is 24.0 Å². The second kappa shape index (κ2) is 8.95. The molecule has 0 heterocycles. The van der Waals surface area contributed by atoms with Crippen LogP contribution >= 0.6 is 0 Å². The average Bonchev–Trinajstić information content (AvgIpc) is 2.83. The third kappa shape index (κ3) is 5.37. The SMILES string of the molecule is Cc1ccc(NC(=O)[C@@H](C)OC(=O)C[C@@H]2C(=O)C[C@@H](C)[C@H]2C[N+](=O)[O-])c(C)c1. The van der Waals surface area contributed by atoms with E-state index in [0.29, 0.717) is 5.69 Å². The number of benzene rings is 1. The lowest BCUT2D eigenvalue weighted by molar-refractivity contribution is -0.490. The molecule has 1 amide bonds. The first kappa shape index (κ1) is 21.5. The molecule has 1 fully saturated rings. The molecule has 0 aromatic heterocycles. The first-order valence-corrected chi connectivity index (χ1v) is 9.30. The van der Waals surface area contributed by atoms with Gasteiger partial charge in [-0.1, -0.05) is 24.6 Å². The number of amides is 1. The van der Waals surface area contributed by atoms with E-state index in [1.807, 2.05) is 26.0 Å². The fourth-order valence-electron chi connectivity index (χ4n) is 3.67. The lowest BCUT2D eigenvalue weighted by Crippen LogP contribution is -2.32. The van der Waals surface area contributed by atoms with Crippen molar-refractivity contribution in [1.82, 2.24) is 0 Å². The molecule has 0 aliphatic heterocycles. The number of nitro groups is 1. The number of anilines is 1. The largest absolute Gasteiger partial charge is 0.453 e. The van der Waals surface area contributed by atoms with Gasteiger partial charge in [0.05, 0.1) is 6.42 Å². The molecule has 0 saturated heterocycles. The van der Waals surface area contributed by atoms with Crippen molar-refractivity contribution in [2.45, 2.75) is 46.6 Å². The molecule has 1 aliphatic carbocycles. The van der Waals surface area contributed by atoms with Gasteiger partial charge in [0.2, 0.25) is 6.54 Å². The van der Waals surface area contributed by atoms with Crippen LogP contribution in [0, 0.1) is 41.7 Å². The summed E-state index contributed by atoms with van der Waals surface area (Å²) in [6, 6.07) is 5.56. The molecule has 28 heavy (non-hydrogen) atoms. The van der Waals surface area contributed by atoms with E-state index in [-0.39, 0.29) is 31.1 Å². The number of rotatable bonds is 7.